The first kappa shape index (κ1) is 36.1. The number of rotatable bonds is 18. The van der Waals surface area contributed by atoms with Crippen LogP contribution < -0.4 is 16.2 Å². The van der Waals surface area contributed by atoms with Gasteiger partial charge in [-0.25, -0.2) is 13.1 Å². The molecule has 0 aliphatic carbocycles. The summed E-state index contributed by atoms with van der Waals surface area (Å²) < 4.78 is 44.0. The van der Waals surface area contributed by atoms with Crippen molar-refractivity contribution in [1.82, 2.24) is 9.62 Å². The zero-order chi connectivity index (χ0) is 32.5. The molecular weight excluding hydrogens is 639 g/mol. The number of aliphatic hydroxyl groups is 2. The summed E-state index contributed by atoms with van der Waals surface area (Å²) in [6.45, 7) is 2.10. The van der Waals surface area contributed by atoms with Crippen LogP contribution in [0, 0.1) is 0 Å². The van der Waals surface area contributed by atoms with Crippen LogP contribution >= 0.6 is 23.2 Å². The Balaban J connectivity index is 1.34. The summed E-state index contributed by atoms with van der Waals surface area (Å²) in [4.78, 5) is 24.8. The van der Waals surface area contributed by atoms with Gasteiger partial charge in [-0.05, 0) is 48.0 Å². The quantitative estimate of drug-likeness (QED) is 0.137. The third-order valence-electron chi connectivity index (χ3n) is 7.14. The number of ether oxygens (including phenoxy) is 3. The Labute approximate surface area is 266 Å². The van der Waals surface area contributed by atoms with E-state index in [-0.39, 0.29) is 57.0 Å². The number of benzene rings is 2. The van der Waals surface area contributed by atoms with Crippen molar-refractivity contribution in [3.05, 3.63) is 63.1 Å². The van der Waals surface area contributed by atoms with Crippen LogP contribution in [0.3, 0.4) is 0 Å². The minimum Gasteiger partial charge on any atom is -0.380 e. The molecule has 7 N–H and O–H groups in total. The van der Waals surface area contributed by atoms with Gasteiger partial charge in [0.2, 0.25) is 15.9 Å². The van der Waals surface area contributed by atoms with Gasteiger partial charge >= 0.3 is 0 Å². The lowest BCUT2D eigenvalue weighted by Crippen LogP contribution is -2.58. The first-order valence-corrected chi connectivity index (χ1v) is 16.0. The van der Waals surface area contributed by atoms with Gasteiger partial charge in [0.05, 0.1) is 44.5 Å². The van der Waals surface area contributed by atoms with Crippen LogP contribution in [-0.2, 0) is 40.4 Å². The van der Waals surface area contributed by atoms with E-state index in [0.717, 1.165) is 23.2 Å². The molecule has 2 aromatic rings. The molecule has 0 radical (unpaired) electrons. The van der Waals surface area contributed by atoms with Crippen LogP contribution in [0.15, 0.2) is 41.3 Å². The summed E-state index contributed by atoms with van der Waals surface area (Å²) in [5, 5.41) is 20.9. The number of aliphatic hydroxyl groups excluding tert-OH is 1. The van der Waals surface area contributed by atoms with E-state index in [4.69, 9.17) is 48.9 Å². The standard InChI is InChI=1S/C28H38Cl2N4O9S/c1-34-16-22(21-14-19(29)15-24(30)23(21)17-34)18-2-4-20(5-3-18)44(39,40)33-7-9-42-11-13-43-12-10-41-8-6-28(38,27(32)37)25(35)26(31)36/h2-5,14-15,22,25,33,35,38H,6-13,16-17H2,1H3,(H2,31,36)(H2,32,37). The fourth-order valence-corrected chi connectivity index (χ4v) is 6.32. The molecule has 1 aliphatic rings. The van der Waals surface area contributed by atoms with Gasteiger partial charge in [0.25, 0.3) is 5.91 Å². The van der Waals surface area contributed by atoms with Crippen molar-refractivity contribution in [2.45, 2.75) is 35.5 Å². The average molecular weight is 678 g/mol. The summed E-state index contributed by atoms with van der Waals surface area (Å²) in [5.41, 5.74) is 10.4. The number of hydrogen-bond acceptors (Lipinski definition) is 10. The molecule has 16 heteroatoms. The second kappa shape index (κ2) is 16.3. The highest BCUT2D eigenvalue weighted by molar-refractivity contribution is 7.89. The molecule has 0 aromatic heterocycles. The number of amides is 2. The van der Waals surface area contributed by atoms with E-state index >= 15 is 0 Å². The monoisotopic (exact) mass is 676 g/mol. The van der Waals surface area contributed by atoms with Crippen LogP contribution in [-0.4, -0.2) is 107 Å². The van der Waals surface area contributed by atoms with Gasteiger partial charge in [0.1, 0.15) is 0 Å². The fraction of sp³-hybridized carbons (Fsp3) is 0.500. The van der Waals surface area contributed by atoms with Crippen molar-refractivity contribution >= 4 is 45.0 Å². The molecule has 2 amide bonds. The Hall–Kier alpha value is -2.37. The van der Waals surface area contributed by atoms with Gasteiger partial charge in [-0.2, -0.15) is 0 Å². The highest BCUT2D eigenvalue weighted by Gasteiger charge is 2.44. The zero-order valence-corrected chi connectivity index (χ0v) is 26.5. The van der Waals surface area contributed by atoms with Crippen LogP contribution in [0.4, 0.5) is 0 Å². The van der Waals surface area contributed by atoms with Crippen molar-refractivity contribution in [2.24, 2.45) is 11.5 Å². The lowest BCUT2D eigenvalue weighted by atomic mass is 9.85. The largest absolute Gasteiger partial charge is 0.380 e. The number of carbonyl (C=O) groups is 2. The molecule has 44 heavy (non-hydrogen) atoms. The van der Waals surface area contributed by atoms with E-state index < -0.39 is 40.0 Å². The Kier molecular flexibility index (Phi) is 13.3. The molecule has 3 rings (SSSR count). The molecule has 0 bridgehead atoms. The predicted octanol–water partition coefficient (Wildman–Crippen LogP) is 0.352. The molecule has 2 aromatic carbocycles. The number of carbonyl (C=O) groups excluding carboxylic acids is 2. The number of sulfonamides is 1. The first-order chi connectivity index (χ1) is 20.8. The number of nitrogens with one attached hydrogen (secondary N) is 1. The van der Waals surface area contributed by atoms with Crippen molar-refractivity contribution in [1.29, 1.82) is 0 Å². The van der Waals surface area contributed by atoms with E-state index in [1.807, 2.05) is 13.1 Å². The van der Waals surface area contributed by atoms with Gasteiger partial charge in [-0.1, -0.05) is 35.3 Å². The Morgan fingerprint density at radius 1 is 1.05 bits per heavy atom. The van der Waals surface area contributed by atoms with Gasteiger partial charge in [-0.15, -0.1) is 0 Å². The summed E-state index contributed by atoms with van der Waals surface area (Å²) in [6, 6.07) is 10.4. The number of primary amides is 2. The first-order valence-electron chi connectivity index (χ1n) is 13.7. The highest BCUT2D eigenvalue weighted by atomic mass is 35.5. The normalized spacial score (nSPS) is 17.5. The molecule has 244 valence electrons. The molecule has 0 fully saturated rings. The lowest BCUT2D eigenvalue weighted by Gasteiger charge is -2.33. The Morgan fingerprint density at radius 2 is 1.64 bits per heavy atom. The molecule has 1 aliphatic heterocycles. The molecule has 1 heterocycles. The topological polar surface area (TPSA) is 204 Å². The Morgan fingerprint density at radius 3 is 2.23 bits per heavy atom. The number of likely N-dealkylation sites (N-methyl/N-ethyl adjacent to an activating group) is 1. The third kappa shape index (κ3) is 9.57. The SMILES string of the molecule is CN1Cc2c(Cl)cc(Cl)cc2C(c2ccc(S(=O)(=O)NCCOCCOCCOCCC(O)(C(N)=O)C(O)C(N)=O)cc2)C1. The van der Waals surface area contributed by atoms with Crippen molar-refractivity contribution < 1.29 is 42.4 Å². The second-order valence-corrected chi connectivity index (χ2v) is 13.0. The molecule has 0 spiro atoms. The molecule has 0 saturated heterocycles. The predicted molar refractivity (Wildman–Crippen MR) is 163 cm³/mol. The molecule has 0 saturated carbocycles. The maximum absolute atomic E-state index is 12.8. The number of nitrogens with zero attached hydrogens (tertiary/aromatic N) is 1. The van der Waals surface area contributed by atoms with Crippen LogP contribution in [0.25, 0.3) is 0 Å². The summed E-state index contributed by atoms with van der Waals surface area (Å²) >= 11 is 12.7. The van der Waals surface area contributed by atoms with Gasteiger partial charge in [0, 0.05) is 42.0 Å². The second-order valence-electron chi connectivity index (χ2n) is 10.4. The van der Waals surface area contributed by atoms with E-state index in [1.165, 1.54) is 0 Å². The minimum absolute atomic E-state index is 0.00372. The number of nitrogens with two attached hydrogens (primary N) is 2. The van der Waals surface area contributed by atoms with E-state index in [0.29, 0.717) is 16.6 Å². The molecule has 3 atom stereocenters. The van der Waals surface area contributed by atoms with E-state index in [2.05, 4.69) is 9.62 Å². The maximum atomic E-state index is 12.8. The summed E-state index contributed by atoms with van der Waals surface area (Å²) in [7, 11) is -1.74. The third-order valence-corrected chi connectivity index (χ3v) is 9.18. The van der Waals surface area contributed by atoms with Crippen molar-refractivity contribution in [2.75, 3.05) is 59.8 Å². The molecular formula is C28H38Cl2N4O9S. The van der Waals surface area contributed by atoms with Crippen LogP contribution in [0.1, 0.15) is 29.0 Å². The fourth-order valence-electron chi connectivity index (χ4n) is 4.74. The van der Waals surface area contributed by atoms with Crippen LogP contribution in [0.2, 0.25) is 10.0 Å². The number of fused-ring (bicyclic) bond motifs is 1. The summed E-state index contributed by atoms with van der Waals surface area (Å²) in [5.74, 6) is -2.59. The number of hydrogen-bond donors (Lipinski definition) is 5. The van der Waals surface area contributed by atoms with Gasteiger partial charge in [-0.3, -0.25) is 9.59 Å². The van der Waals surface area contributed by atoms with Crippen LogP contribution in [0.5, 0.6) is 0 Å². The highest BCUT2D eigenvalue weighted by Crippen LogP contribution is 2.38. The lowest BCUT2D eigenvalue weighted by molar-refractivity contribution is -0.161. The van der Waals surface area contributed by atoms with Gasteiger partial charge in [0.15, 0.2) is 11.7 Å². The number of halogens is 2. The zero-order valence-electron chi connectivity index (χ0n) is 24.2. The maximum Gasteiger partial charge on any atom is 0.252 e. The van der Waals surface area contributed by atoms with Crippen molar-refractivity contribution in [3.8, 4) is 0 Å². The van der Waals surface area contributed by atoms with E-state index in [1.54, 1.807) is 30.3 Å². The minimum atomic E-state index is -3.75. The smallest absolute Gasteiger partial charge is 0.252 e. The summed E-state index contributed by atoms with van der Waals surface area (Å²) in [6.07, 6.45) is -2.59. The van der Waals surface area contributed by atoms with Crippen molar-refractivity contribution in [3.63, 3.8) is 0 Å². The molecule has 3 unspecified atom stereocenters. The Bertz CT molecular complexity index is 1400. The van der Waals surface area contributed by atoms with E-state index in [9.17, 15) is 28.2 Å². The van der Waals surface area contributed by atoms with Gasteiger partial charge < -0.3 is 40.8 Å². The average Bonchev–Trinajstić information content (AvgIpc) is 2.97. The molecule has 13 nitrogen and oxygen atoms in total.